The predicted molar refractivity (Wildman–Crippen MR) is 120 cm³/mol. The standard InChI is InChI=1S/C23H30N2O5S/c1-3-29-19-12-13-22(30-4-2)21(17-19)24-23(26)18-10-9-11-20(16-18)31(27,28)25-14-7-5-6-8-15-25/h9-13,16-17H,3-8,14-15H2,1-2H3,(H,24,26). The van der Waals surface area contributed by atoms with E-state index in [1.54, 1.807) is 36.4 Å². The maximum absolute atomic E-state index is 13.1. The van der Waals surface area contributed by atoms with Crippen LogP contribution in [0, 0.1) is 0 Å². The molecule has 1 aliphatic heterocycles. The summed E-state index contributed by atoms with van der Waals surface area (Å²) in [7, 11) is -3.64. The molecule has 1 fully saturated rings. The van der Waals surface area contributed by atoms with Crippen LogP contribution in [0.5, 0.6) is 11.5 Å². The van der Waals surface area contributed by atoms with E-state index in [9.17, 15) is 13.2 Å². The topological polar surface area (TPSA) is 84.9 Å². The molecule has 0 radical (unpaired) electrons. The van der Waals surface area contributed by atoms with E-state index in [4.69, 9.17) is 9.47 Å². The number of amides is 1. The van der Waals surface area contributed by atoms with Crippen LogP contribution in [0.1, 0.15) is 49.9 Å². The Morgan fingerprint density at radius 1 is 0.968 bits per heavy atom. The lowest BCUT2D eigenvalue weighted by Gasteiger charge is -2.20. The van der Waals surface area contributed by atoms with Crippen molar-refractivity contribution in [1.82, 2.24) is 4.31 Å². The Morgan fingerprint density at radius 3 is 2.35 bits per heavy atom. The van der Waals surface area contributed by atoms with Gasteiger partial charge in [-0.25, -0.2) is 8.42 Å². The van der Waals surface area contributed by atoms with Crippen LogP contribution in [0.2, 0.25) is 0 Å². The van der Waals surface area contributed by atoms with Crippen LogP contribution in [0.15, 0.2) is 47.4 Å². The second-order valence-corrected chi connectivity index (χ2v) is 9.26. The third-order valence-electron chi connectivity index (χ3n) is 5.11. The molecule has 0 saturated carbocycles. The van der Waals surface area contributed by atoms with Gasteiger partial charge in [-0.05, 0) is 57.0 Å². The number of rotatable bonds is 8. The molecular formula is C23H30N2O5S. The first-order valence-electron chi connectivity index (χ1n) is 10.8. The number of hydrogen-bond acceptors (Lipinski definition) is 5. The molecule has 1 amide bonds. The van der Waals surface area contributed by atoms with Crippen molar-refractivity contribution in [3.63, 3.8) is 0 Å². The van der Waals surface area contributed by atoms with Gasteiger partial charge in [-0.15, -0.1) is 0 Å². The van der Waals surface area contributed by atoms with Gasteiger partial charge in [0.05, 0.1) is 23.8 Å². The Balaban J connectivity index is 1.84. The molecule has 1 heterocycles. The van der Waals surface area contributed by atoms with Crippen molar-refractivity contribution in [2.24, 2.45) is 0 Å². The largest absolute Gasteiger partial charge is 0.494 e. The summed E-state index contributed by atoms with van der Waals surface area (Å²) in [5.74, 6) is 0.717. The van der Waals surface area contributed by atoms with E-state index in [0.29, 0.717) is 43.5 Å². The van der Waals surface area contributed by atoms with Crippen LogP contribution in [-0.4, -0.2) is 44.9 Å². The lowest BCUT2D eigenvalue weighted by atomic mass is 10.2. The predicted octanol–water partition coefficient (Wildman–Crippen LogP) is 4.30. The number of nitrogens with one attached hydrogen (secondary N) is 1. The molecule has 0 aromatic heterocycles. The molecule has 8 heteroatoms. The molecule has 1 N–H and O–H groups in total. The zero-order valence-corrected chi connectivity index (χ0v) is 18.9. The second kappa shape index (κ2) is 10.6. The van der Waals surface area contributed by atoms with Crippen LogP contribution in [0.4, 0.5) is 5.69 Å². The van der Waals surface area contributed by atoms with Crippen LogP contribution in [0.25, 0.3) is 0 Å². The van der Waals surface area contributed by atoms with Gasteiger partial charge in [0.25, 0.3) is 5.91 Å². The van der Waals surface area contributed by atoms with E-state index in [1.165, 1.54) is 10.4 Å². The summed E-state index contributed by atoms with van der Waals surface area (Å²) in [5, 5.41) is 2.83. The van der Waals surface area contributed by atoms with E-state index in [0.717, 1.165) is 25.7 Å². The molecule has 1 aliphatic rings. The van der Waals surface area contributed by atoms with Gasteiger partial charge in [-0.1, -0.05) is 18.9 Å². The third kappa shape index (κ3) is 5.77. The number of carbonyl (C=O) groups is 1. The summed E-state index contributed by atoms with van der Waals surface area (Å²) in [6.07, 6.45) is 3.79. The number of ether oxygens (including phenoxy) is 2. The van der Waals surface area contributed by atoms with Crippen LogP contribution in [-0.2, 0) is 10.0 Å². The highest BCUT2D eigenvalue weighted by Crippen LogP contribution is 2.30. The van der Waals surface area contributed by atoms with Gasteiger partial charge in [-0.2, -0.15) is 4.31 Å². The highest BCUT2D eigenvalue weighted by Gasteiger charge is 2.26. The van der Waals surface area contributed by atoms with E-state index in [-0.39, 0.29) is 10.5 Å². The Kier molecular flexibility index (Phi) is 7.92. The fourth-order valence-corrected chi connectivity index (χ4v) is 5.13. The lowest BCUT2D eigenvalue weighted by molar-refractivity contribution is 0.102. The van der Waals surface area contributed by atoms with Crippen molar-refractivity contribution < 1.29 is 22.7 Å². The zero-order chi connectivity index (χ0) is 22.3. The monoisotopic (exact) mass is 446 g/mol. The molecule has 31 heavy (non-hydrogen) atoms. The van der Waals surface area contributed by atoms with Crippen LogP contribution >= 0.6 is 0 Å². The SMILES string of the molecule is CCOc1ccc(OCC)c(NC(=O)c2cccc(S(=O)(=O)N3CCCCCC3)c2)c1. The molecule has 2 aromatic rings. The highest BCUT2D eigenvalue weighted by molar-refractivity contribution is 7.89. The minimum absolute atomic E-state index is 0.134. The zero-order valence-electron chi connectivity index (χ0n) is 18.1. The van der Waals surface area contributed by atoms with Crippen molar-refractivity contribution in [2.75, 3.05) is 31.6 Å². The molecule has 0 aliphatic carbocycles. The first kappa shape index (κ1) is 23.1. The first-order valence-corrected chi connectivity index (χ1v) is 12.2. The summed E-state index contributed by atoms with van der Waals surface area (Å²) in [4.78, 5) is 13.1. The summed E-state index contributed by atoms with van der Waals surface area (Å²) in [5.41, 5.74) is 0.735. The van der Waals surface area contributed by atoms with Crippen molar-refractivity contribution in [2.45, 2.75) is 44.4 Å². The van der Waals surface area contributed by atoms with E-state index in [2.05, 4.69) is 5.32 Å². The fraction of sp³-hybridized carbons (Fsp3) is 0.435. The molecule has 7 nitrogen and oxygen atoms in total. The minimum atomic E-state index is -3.64. The molecule has 1 saturated heterocycles. The Morgan fingerprint density at radius 2 is 1.68 bits per heavy atom. The smallest absolute Gasteiger partial charge is 0.255 e. The van der Waals surface area contributed by atoms with E-state index >= 15 is 0 Å². The van der Waals surface area contributed by atoms with E-state index < -0.39 is 15.9 Å². The van der Waals surface area contributed by atoms with Crippen molar-refractivity contribution in [1.29, 1.82) is 0 Å². The maximum Gasteiger partial charge on any atom is 0.255 e. The lowest BCUT2D eigenvalue weighted by Crippen LogP contribution is -2.32. The van der Waals surface area contributed by atoms with Gasteiger partial charge in [0.15, 0.2) is 0 Å². The molecule has 0 spiro atoms. The number of sulfonamides is 1. The highest BCUT2D eigenvalue weighted by atomic mass is 32.2. The molecule has 3 rings (SSSR count). The number of anilines is 1. The normalized spacial score (nSPS) is 15.2. The molecule has 2 aromatic carbocycles. The third-order valence-corrected chi connectivity index (χ3v) is 7.00. The average molecular weight is 447 g/mol. The molecule has 0 atom stereocenters. The van der Waals surface area contributed by atoms with Gasteiger partial charge in [0, 0.05) is 24.7 Å². The molecule has 168 valence electrons. The number of hydrogen-bond donors (Lipinski definition) is 1. The molecule has 0 unspecified atom stereocenters. The van der Waals surface area contributed by atoms with Crippen LogP contribution < -0.4 is 14.8 Å². The summed E-state index contributed by atoms with van der Waals surface area (Å²) in [6.45, 7) is 5.71. The van der Waals surface area contributed by atoms with Crippen LogP contribution in [0.3, 0.4) is 0 Å². The van der Waals surface area contributed by atoms with Gasteiger partial charge in [0.1, 0.15) is 11.5 Å². The molecule has 0 bridgehead atoms. The molecular weight excluding hydrogens is 416 g/mol. The average Bonchev–Trinajstić information content (AvgIpc) is 3.06. The summed E-state index contributed by atoms with van der Waals surface area (Å²) < 4.78 is 38.8. The van der Waals surface area contributed by atoms with Crippen molar-refractivity contribution in [3.8, 4) is 11.5 Å². The minimum Gasteiger partial charge on any atom is -0.494 e. The van der Waals surface area contributed by atoms with Gasteiger partial charge < -0.3 is 14.8 Å². The Hall–Kier alpha value is -2.58. The Labute approximate surface area is 184 Å². The van der Waals surface area contributed by atoms with Crippen molar-refractivity contribution in [3.05, 3.63) is 48.0 Å². The number of nitrogens with zero attached hydrogens (tertiary/aromatic N) is 1. The number of benzene rings is 2. The number of carbonyl (C=O) groups excluding carboxylic acids is 1. The van der Waals surface area contributed by atoms with Gasteiger partial charge in [0.2, 0.25) is 10.0 Å². The Bertz CT molecular complexity index is 999. The second-order valence-electron chi connectivity index (χ2n) is 7.32. The first-order chi connectivity index (χ1) is 15.0. The van der Waals surface area contributed by atoms with Crippen molar-refractivity contribution >= 4 is 21.6 Å². The summed E-state index contributed by atoms with van der Waals surface area (Å²) >= 11 is 0. The van der Waals surface area contributed by atoms with Gasteiger partial charge in [-0.3, -0.25) is 4.79 Å². The quantitative estimate of drug-likeness (QED) is 0.653. The summed E-state index contributed by atoms with van der Waals surface area (Å²) in [6, 6.07) is 11.4. The van der Waals surface area contributed by atoms with E-state index in [1.807, 2.05) is 13.8 Å². The fourth-order valence-electron chi connectivity index (χ4n) is 3.57. The van der Waals surface area contributed by atoms with Gasteiger partial charge >= 0.3 is 0 Å². The maximum atomic E-state index is 13.1.